The molecule has 0 aromatic heterocycles. The smallest absolute Gasteiger partial charge is 0.224 e. The lowest BCUT2D eigenvalue weighted by molar-refractivity contribution is -0.138. The minimum atomic E-state index is 0.141. The molecule has 4 rings (SSSR count). The Morgan fingerprint density at radius 2 is 1.93 bits per heavy atom. The number of anilines is 2. The van der Waals surface area contributed by atoms with E-state index in [1.807, 2.05) is 0 Å². The fraction of sp³-hybridized carbons (Fsp3) is 0.696. The van der Waals surface area contributed by atoms with E-state index in [-0.39, 0.29) is 6.04 Å². The van der Waals surface area contributed by atoms with Crippen LogP contribution in [0.1, 0.15) is 64.4 Å². The molecule has 0 bridgehead atoms. The van der Waals surface area contributed by atoms with Crippen LogP contribution in [0.15, 0.2) is 18.2 Å². The molecule has 5 nitrogen and oxygen atoms in total. The summed E-state index contributed by atoms with van der Waals surface area (Å²) in [6.07, 6.45) is 8.21. The monoisotopic (exact) mass is 384 g/mol. The van der Waals surface area contributed by atoms with E-state index in [9.17, 15) is 4.79 Å². The second kappa shape index (κ2) is 7.94. The summed E-state index contributed by atoms with van der Waals surface area (Å²) < 4.78 is 0. The molecule has 5 heteroatoms. The summed E-state index contributed by atoms with van der Waals surface area (Å²) in [5.41, 5.74) is 7.15. The molecule has 28 heavy (non-hydrogen) atoms. The first kappa shape index (κ1) is 19.6. The minimum absolute atomic E-state index is 0.141. The van der Waals surface area contributed by atoms with E-state index < -0.39 is 0 Å². The maximum absolute atomic E-state index is 13.4. The fourth-order valence-electron chi connectivity index (χ4n) is 5.65. The summed E-state index contributed by atoms with van der Waals surface area (Å²) in [5, 5.41) is 4.32. The molecule has 2 fully saturated rings. The van der Waals surface area contributed by atoms with Gasteiger partial charge in [-0.3, -0.25) is 14.8 Å². The molecule has 1 saturated carbocycles. The third-order valence-electron chi connectivity index (χ3n) is 7.12. The number of hydrogen-bond acceptors (Lipinski definition) is 4. The van der Waals surface area contributed by atoms with Gasteiger partial charge in [-0.25, -0.2) is 0 Å². The van der Waals surface area contributed by atoms with Crippen molar-refractivity contribution in [3.63, 3.8) is 0 Å². The Hall–Kier alpha value is -1.75. The first-order valence-electron chi connectivity index (χ1n) is 11.2. The van der Waals surface area contributed by atoms with Crippen molar-refractivity contribution in [1.29, 1.82) is 0 Å². The van der Waals surface area contributed by atoms with Crippen LogP contribution in [0.25, 0.3) is 0 Å². The molecule has 2 aliphatic heterocycles. The van der Waals surface area contributed by atoms with Crippen LogP contribution in [-0.2, 0) is 4.79 Å². The predicted octanol–water partition coefficient (Wildman–Crippen LogP) is 4.27. The number of carbonyl (C=O) groups excluding carboxylic acids is 1. The molecule has 1 saturated heterocycles. The van der Waals surface area contributed by atoms with E-state index >= 15 is 0 Å². The van der Waals surface area contributed by atoms with E-state index in [1.165, 1.54) is 55.5 Å². The van der Waals surface area contributed by atoms with Crippen molar-refractivity contribution in [3.8, 4) is 0 Å². The van der Waals surface area contributed by atoms with E-state index in [2.05, 4.69) is 66.5 Å². The SMILES string of the molecule is Cc1cccc2c1N(C)NN2C(CC(=O)N1CCCC2CCCCC21)C(C)C. The normalized spacial score (nSPS) is 25.7. The lowest BCUT2D eigenvalue weighted by Crippen LogP contribution is -2.54. The van der Waals surface area contributed by atoms with Crippen molar-refractivity contribution in [2.75, 3.05) is 23.6 Å². The maximum atomic E-state index is 13.4. The number of hydrogen-bond donors (Lipinski definition) is 1. The van der Waals surface area contributed by atoms with Crippen LogP contribution < -0.4 is 15.6 Å². The van der Waals surface area contributed by atoms with Crippen LogP contribution in [0.4, 0.5) is 11.4 Å². The standard InChI is InChI=1S/C23H36N4O/c1-16(2)21(27-20-13-7-9-17(3)23(20)25(4)24-27)15-22(28)26-14-8-11-18-10-5-6-12-19(18)26/h7,9,13,16,18-19,21,24H,5-6,8,10-12,14-15H2,1-4H3. The van der Waals surface area contributed by atoms with Crippen molar-refractivity contribution in [2.24, 2.45) is 11.8 Å². The molecule has 0 radical (unpaired) electrons. The largest absolute Gasteiger partial charge is 0.339 e. The second-order valence-corrected chi connectivity index (χ2v) is 9.33. The van der Waals surface area contributed by atoms with Crippen LogP contribution in [-0.4, -0.2) is 36.5 Å². The van der Waals surface area contributed by atoms with Crippen LogP contribution in [0, 0.1) is 18.8 Å². The molecule has 3 unspecified atom stereocenters. The summed E-state index contributed by atoms with van der Waals surface area (Å²) >= 11 is 0. The molecule has 1 N–H and O–H groups in total. The van der Waals surface area contributed by atoms with E-state index in [0.29, 0.717) is 24.3 Å². The molecular weight excluding hydrogens is 348 g/mol. The Morgan fingerprint density at radius 3 is 2.71 bits per heavy atom. The van der Waals surface area contributed by atoms with Gasteiger partial charge in [-0.1, -0.05) is 38.8 Å². The van der Waals surface area contributed by atoms with Crippen LogP contribution >= 0.6 is 0 Å². The van der Waals surface area contributed by atoms with Gasteiger partial charge in [0.2, 0.25) is 5.91 Å². The highest BCUT2D eigenvalue weighted by atomic mass is 16.2. The van der Waals surface area contributed by atoms with Gasteiger partial charge in [-0.15, -0.1) is 5.53 Å². The number of amides is 1. The zero-order valence-electron chi connectivity index (χ0n) is 17.9. The summed E-state index contributed by atoms with van der Waals surface area (Å²) in [6.45, 7) is 7.56. The maximum Gasteiger partial charge on any atom is 0.224 e. The summed E-state index contributed by atoms with van der Waals surface area (Å²) in [4.78, 5) is 15.7. The average Bonchev–Trinajstić information content (AvgIpc) is 3.02. The minimum Gasteiger partial charge on any atom is -0.339 e. The number of rotatable bonds is 4. The summed E-state index contributed by atoms with van der Waals surface area (Å²) in [6, 6.07) is 7.05. The number of aryl methyl sites for hydroxylation is 1. The van der Waals surface area contributed by atoms with Crippen molar-refractivity contribution in [1.82, 2.24) is 10.4 Å². The molecule has 2 heterocycles. The zero-order valence-corrected chi connectivity index (χ0v) is 17.9. The fourth-order valence-corrected chi connectivity index (χ4v) is 5.65. The number of likely N-dealkylation sites (tertiary alicyclic amines) is 1. The molecular formula is C23H36N4O. The third kappa shape index (κ3) is 3.49. The summed E-state index contributed by atoms with van der Waals surface area (Å²) in [7, 11) is 2.06. The third-order valence-corrected chi connectivity index (χ3v) is 7.12. The van der Waals surface area contributed by atoms with Gasteiger partial charge in [0.25, 0.3) is 0 Å². The number of fused-ring (bicyclic) bond motifs is 2. The number of hydrazine groups is 2. The van der Waals surface area contributed by atoms with Crippen molar-refractivity contribution >= 4 is 17.3 Å². The van der Waals surface area contributed by atoms with Crippen molar-refractivity contribution in [3.05, 3.63) is 23.8 Å². The Labute approximate surface area is 170 Å². The Kier molecular flexibility index (Phi) is 5.55. The van der Waals surface area contributed by atoms with Gasteiger partial charge in [0.05, 0.1) is 17.4 Å². The Bertz CT molecular complexity index is 717. The van der Waals surface area contributed by atoms with Gasteiger partial charge in [-0.05, 0) is 56.1 Å². The van der Waals surface area contributed by atoms with Gasteiger partial charge in [0.15, 0.2) is 0 Å². The number of piperidine rings is 1. The molecule has 0 spiro atoms. The van der Waals surface area contributed by atoms with Crippen LogP contribution in [0.2, 0.25) is 0 Å². The van der Waals surface area contributed by atoms with Gasteiger partial charge in [-0.2, -0.15) is 0 Å². The number of para-hydroxylation sites is 1. The molecule has 1 aliphatic carbocycles. The van der Waals surface area contributed by atoms with Gasteiger partial charge in [0.1, 0.15) is 0 Å². The number of carbonyl (C=O) groups is 1. The lowest BCUT2D eigenvalue weighted by Gasteiger charge is -2.45. The first-order chi connectivity index (χ1) is 13.5. The molecule has 3 aliphatic rings. The van der Waals surface area contributed by atoms with E-state index in [1.54, 1.807) is 0 Å². The number of nitrogens with one attached hydrogen (secondary N) is 1. The predicted molar refractivity (Wildman–Crippen MR) is 115 cm³/mol. The van der Waals surface area contributed by atoms with Crippen molar-refractivity contribution in [2.45, 2.75) is 77.8 Å². The zero-order chi connectivity index (χ0) is 19.8. The van der Waals surface area contributed by atoms with Crippen LogP contribution in [0.3, 0.4) is 0 Å². The molecule has 1 amide bonds. The number of nitrogens with zero attached hydrogens (tertiary/aromatic N) is 3. The van der Waals surface area contributed by atoms with Gasteiger partial charge in [0, 0.05) is 26.1 Å². The highest BCUT2D eigenvalue weighted by molar-refractivity contribution is 5.81. The highest BCUT2D eigenvalue weighted by Gasteiger charge is 2.38. The van der Waals surface area contributed by atoms with Crippen LogP contribution in [0.5, 0.6) is 0 Å². The number of benzene rings is 1. The Balaban J connectivity index is 1.53. The average molecular weight is 385 g/mol. The topological polar surface area (TPSA) is 38.8 Å². The highest BCUT2D eigenvalue weighted by Crippen LogP contribution is 2.39. The molecule has 154 valence electrons. The van der Waals surface area contributed by atoms with E-state index in [4.69, 9.17) is 0 Å². The quantitative estimate of drug-likeness (QED) is 0.842. The van der Waals surface area contributed by atoms with Gasteiger partial charge >= 0.3 is 0 Å². The summed E-state index contributed by atoms with van der Waals surface area (Å²) in [5.74, 6) is 1.47. The van der Waals surface area contributed by atoms with Gasteiger partial charge < -0.3 is 4.90 Å². The van der Waals surface area contributed by atoms with Crippen molar-refractivity contribution < 1.29 is 4.79 Å². The molecule has 1 aromatic carbocycles. The molecule has 3 atom stereocenters. The van der Waals surface area contributed by atoms with E-state index in [0.717, 1.165) is 12.5 Å². The second-order valence-electron chi connectivity index (χ2n) is 9.33. The Morgan fingerprint density at radius 1 is 1.18 bits per heavy atom. The molecule has 1 aromatic rings. The first-order valence-corrected chi connectivity index (χ1v) is 11.2. The lowest BCUT2D eigenvalue weighted by atomic mass is 9.78.